The molecule has 0 bridgehead atoms. The van der Waals surface area contributed by atoms with Crippen molar-refractivity contribution in [1.82, 2.24) is 14.5 Å². The molecule has 2 aromatic rings. The second-order valence-electron chi connectivity index (χ2n) is 7.84. The van der Waals surface area contributed by atoms with Crippen LogP contribution in [0.5, 0.6) is 5.75 Å². The lowest BCUT2D eigenvalue weighted by molar-refractivity contribution is 0.101. The van der Waals surface area contributed by atoms with Crippen LogP contribution in [0.4, 0.5) is 5.82 Å². The first-order valence-corrected chi connectivity index (χ1v) is 10.4. The average molecular weight is 415 g/mol. The van der Waals surface area contributed by atoms with Gasteiger partial charge in [0.1, 0.15) is 11.6 Å². The van der Waals surface area contributed by atoms with Crippen molar-refractivity contribution in [2.24, 2.45) is 0 Å². The zero-order valence-corrected chi connectivity index (χ0v) is 17.9. The minimum Gasteiger partial charge on any atom is -0.493 e. The highest BCUT2D eigenvalue weighted by Crippen LogP contribution is 2.19. The van der Waals surface area contributed by atoms with Gasteiger partial charge in [-0.3, -0.25) is 24.0 Å². The molecule has 1 aromatic carbocycles. The molecule has 1 aliphatic rings. The van der Waals surface area contributed by atoms with Crippen LogP contribution in [0.15, 0.2) is 39.9 Å². The molecular weight excluding hydrogens is 384 g/mol. The van der Waals surface area contributed by atoms with E-state index in [9.17, 15) is 14.4 Å². The number of aromatic nitrogens is 2. The lowest BCUT2D eigenvalue weighted by Crippen LogP contribution is -2.49. The fourth-order valence-corrected chi connectivity index (χ4v) is 3.79. The molecule has 1 aliphatic heterocycles. The summed E-state index contributed by atoms with van der Waals surface area (Å²) in [6.07, 6.45) is 0.855. The third kappa shape index (κ3) is 5.18. The molecule has 1 aromatic heterocycles. The maximum atomic E-state index is 12.2. The summed E-state index contributed by atoms with van der Waals surface area (Å²) >= 11 is 0. The predicted octanol–water partition coefficient (Wildman–Crippen LogP) is 1.91. The van der Waals surface area contributed by atoms with Gasteiger partial charge in [0.15, 0.2) is 5.78 Å². The number of hydrogen-bond donors (Lipinski definition) is 1. The van der Waals surface area contributed by atoms with E-state index in [1.54, 1.807) is 17.6 Å². The van der Waals surface area contributed by atoms with E-state index in [0.717, 1.165) is 39.1 Å². The number of para-hydroxylation sites is 1. The number of ether oxygens (including phenoxy) is 1. The normalized spacial score (nSPS) is 14.9. The molecule has 162 valence electrons. The lowest BCUT2D eigenvalue weighted by Gasteiger charge is -2.37. The molecule has 1 fully saturated rings. The number of H-pyrrole nitrogens is 1. The Morgan fingerprint density at radius 1 is 1.13 bits per heavy atom. The number of aromatic amines is 1. The van der Waals surface area contributed by atoms with Gasteiger partial charge >= 0.3 is 5.69 Å². The molecule has 0 radical (unpaired) electrons. The number of benzene rings is 1. The van der Waals surface area contributed by atoms with E-state index in [-0.39, 0.29) is 23.1 Å². The maximum Gasteiger partial charge on any atom is 0.330 e. The lowest BCUT2D eigenvalue weighted by atomic mass is 10.1. The topological polar surface area (TPSA) is 87.6 Å². The smallest absolute Gasteiger partial charge is 0.330 e. The van der Waals surface area contributed by atoms with Crippen LogP contribution in [0.25, 0.3) is 0 Å². The summed E-state index contributed by atoms with van der Waals surface area (Å²) in [6.45, 7) is 10.1. The summed E-state index contributed by atoms with van der Waals surface area (Å²) in [5.41, 5.74) is -0.115. The van der Waals surface area contributed by atoms with E-state index in [2.05, 4.69) is 14.8 Å². The number of carbonyl (C=O) groups excluding carboxylic acids is 1. The van der Waals surface area contributed by atoms with Crippen LogP contribution in [-0.2, 0) is 0 Å². The summed E-state index contributed by atoms with van der Waals surface area (Å²) in [5, 5.41) is 0. The molecule has 0 amide bonds. The summed E-state index contributed by atoms with van der Waals surface area (Å²) < 4.78 is 7.45. The second kappa shape index (κ2) is 9.75. The Labute approximate surface area is 176 Å². The number of nitrogens with one attached hydrogen (secondary N) is 1. The summed E-state index contributed by atoms with van der Waals surface area (Å²) in [7, 11) is 0. The van der Waals surface area contributed by atoms with Gasteiger partial charge in [0, 0.05) is 44.8 Å². The molecule has 8 heteroatoms. The van der Waals surface area contributed by atoms with E-state index in [1.165, 1.54) is 6.07 Å². The number of nitrogens with zero attached hydrogens (tertiary/aromatic N) is 3. The monoisotopic (exact) mass is 414 g/mol. The Balaban J connectivity index is 1.51. The van der Waals surface area contributed by atoms with Gasteiger partial charge in [-0.25, -0.2) is 4.79 Å². The molecule has 0 atom stereocenters. The fraction of sp³-hybridized carbons (Fsp3) is 0.500. The van der Waals surface area contributed by atoms with Crippen LogP contribution in [0.3, 0.4) is 0 Å². The first kappa shape index (κ1) is 21.8. The molecule has 0 saturated carbocycles. The number of rotatable bonds is 8. The Bertz CT molecular complexity index is 987. The zero-order chi connectivity index (χ0) is 21.7. The van der Waals surface area contributed by atoms with E-state index < -0.39 is 0 Å². The van der Waals surface area contributed by atoms with Crippen LogP contribution in [0.1, 0.15) is 43.6 Å². The van der Waals surface area contributed by atoms with Crippen LogP contribution in [-0.4, -0.2) is 59.6 Å². The minimum atomic E-state index is -0.364. The predicted molar refractivity (Wildman–Crippen MR) is 117 cm³/mol. The maximum absolute atomic E-state index is 12.2. The van der Waals surface area contributed by atoms with Gasteiger partial charge in [0.25, 0.3) is 5.56 Å². The van der Waals surface area contributed by atoms with Crippen LogP contribution in [0.2, 0.25) is 0 Å². The highest BCUT2D eigenvalue weighted by atomic mass is 16.5. The molecular formula is C22H30N4O4. The molecule has 2 heterocycles. The van der Waals surface area contributed by atoms with Crippen molar-refractivity contribution in [2.75, 3.05) is 44.2 Å². The van der Waals surface area contributed by atoms with Crippen molar-refractivity contribution in [2.45, 2.75) is 33.2 Å². The van der Waals surface area contributed by atoms with Crippen molar-refractivity contribution in [1.29, 1.82) is 0 Å². The van der Waals surface area contributed by atoms with Gasteiger partial charge in [-0.1, -0.05) is 12.1 Å². The molecule has 0 unspecified atom stereocenters. The van der Waals surface area contributed by atoms with Gasteiger partial charge in [0.05, 0.1) is 12.2 Å². The van der Waals surface area contributed by atoms with Crippen LogP contribution < -0.4 is 20.9 Å². The summed E-state index contributed by atoms with van der Waals surface area (Å²) in [4.78, 5) is 42.5. The second-order valence-corrected chi connectivity index (χ2v) is 7.84. The number of anilines is 1. The zero-order valence-electron chi connectivity index (χ0n) is 17.9. The Morgan fingerprint density at radius 3 is 2.50 bits per heavy atom. The van der Waals surface area contributed by atoms with Crippen molar-refractivity contribution in [3.05, 3.63) is 56.7 Å². The third-order valence-electron chi connectivity index (χ3n) is 5.31. The molecule has 0 spiro atoms. The van der Waals surface area contributed by atoms with E-state index >= 15 is 0 Å². The first-order valence-electron chi connectivity index (χ1n) is 10.4. The number of carbonyl (C=O) groups is 1. The molecule has 8 nitrogen and oxygen atoms in total. The highest BCUT2D eigenvalue weighted by molar-refractivity contribution is 5.96. The van der Waals surface area contributed by atoms with E-state index in [4.69, 9.17) is 4.74 Å². The third-order valence-corrected chi connectivity index (χ3v) is 5.31. The molecule has 30 heavy (non-hydrogen) atoms. The van der Waals surface area contributed by atoms with Crippen LogP contribution in [0, 0.1) is 0 Å². The number of ketones is 1. The molecule has 0 aliphatic carbocycles. The van der Waals surface area contributed by atoms with E-state index in [1.807, 2.05) is 32.0 Å². The molecule has 1 N–H and O–H groups in total. The quantitative estimate of drug-likeness (QED) is 0.524. The molecule has 3 rings (SSSR count). The number of piperazine rings is 1. The first-order chi connectivity index (χ1) is 14.4. The number of Topliss-reactive ketones (excluding diaryl/α,β-unsaturated/α-hetero) is 1. The average Bonchev–Trinajstić information content (AvgIpc) is 2.71. The van der Waals surface area contributed by atoms with Gasteiger partial charge in [0.2, 0.25) is 0 Å². The van der Waals surface area contributed by atoms with Crippen molar-refractivity contribution in [3.63, 3.8) is 0 Å². The summed E-state index contributed by atoms with van der Waals surface area (Å²) in [6, 6.07) is 8.79. The van der Waals surface area contributed by atoms with Crippen molar-refractivity contribution in [3.8, 4) is 5.75 Å². The highest BCUT2D eigenvalue weighted by Gasteiger charge is 2.21. The van der Waals surface area contributed by atoms with Gasteiger partial charge in [-0.05, 0) is 39.3 Å². The number of hydrogen-bond acceptors (Lipinski definition) is 6. The largest absolute Gasteiger partial charge is 0.493 e. The van der Waals surface area contributed by atoms with Crippen LogP contribution >= 0.6 is 0 Å². The Hall–Kier alpha value is -2.87. The molecule has 1 saturated heterocycles. The standard InChI is InChI=1S/C22H30N4O4/c1-16(2)26-21(15-20(28)23-22(26)29)25-12-10-24(11-13-25)9-6-14-30-19-8-5-4-7-18(19)17(3)27/h4-5,7-8,15-16H,6,9-14H2,1-3H3,(H,23,28,29). The van der Waals surface area contributed by atoms with Gasteiger partial charge in [-0.15, -0.1) is 0 Å². The van der Waals surface area contributed by atoms with E-state index in [0.29, 0.717) is 23.7 Å². The SMILES string of the molecule is CC(=O)c1ccccc1OCCCN1CCN(c2cc(=O)[nH]c(=O)n2C(C)C)CC1. The summed E-state index contributed by atoms with van der Waals surface area (Å²) in [5.74, 6) is 1.32. The van der Waals surface area contributed by atoms with Gasteiger partial charge < -0.3 is 9.64 Å². The fourth-order valence-electron chi connectivity index (χ4n) is 3.79. The minimum absolute atomic E-state index is 0.00124. The van der Waals surface area contributed by atoms with Crippen molar-refractivity contribution >= 4 is 11.6 Å². The Morgan fingerprint density at radius 2 is 1.83 bits per heavy atom. The van der Waals surface area contributed by atoms with Crippen molar-refractivity contribution < 1.29 is 9.53 Å². The van der Waals surface area contributed by atoms with Gasteiger partial charge in [-0.2, -0.15) is 0 Å². The Kier molecular flexibility index (Phi) is 7.10.